The SMILES string of the molecule is CCSC1=C(C#N)C(c2ccc(OC)c(OC)c2)C2=C(CC(C)(C)CC2=O)N1. The number of nitrogens with one attached hydrogen (secondary N) is 1. The van der Waals surface area contributed by atoms with Gasteiger partial charge in [0, 0.05) is 17.7 Å². The first-order valence-electron chi connectivity index (χ1n) is 9.37. The molecular formula is C22H26N2O3S. The molecule has 1 atom stereocenters. The largest absolute Gasteiger partial charge is 0.493 e. The fraction of sp³-hybridized carbons (Fsp3) is 0.455. The summed E-state index contributed by atoms with van der Waals surface area (Å²) in [6.45, 7) is 6.27. The smallest absolute Gasteiger partial charge is 0.162 e. The molecule has 0 amide bonds. The molecule has 3 rings (SSSR count). The Balaban J connectivity index is 2.20. The van der Waals surface area contributed by atoms with Crippen molar-refractivity contribution in [3.05, 3.63) is 45.6 Å². The molecule has 28 heavy (non-hydrogen) atoms. The molecule has 1 aromatic carbocycles. The molecule has 1 aromatic rings. The van der Waals surface area contributed by atoms with E-state index >= 15 is 0 Å². The molecular weight excluding hydrogens is 372 g/mol. The fourth-order valence-corrected chi connectivity index (χ4v) is 4.80. The highest BCUT2D eigenvalue weighted by Gasteiger charge is 2.42. The summed E-state index contributed by atoms with van der Waals surface area (Å²) < 4.78 is 10.8. The molecule has 2 aliphatic rings. The summed E-state index contributed by atoms with van der Waals surface area (Å²) in [5.74, 6) is 1.76. The molecule has 0 spiro atoms. The Bertz CT molecular complexity index is 909. The van der Waals surface area contributed by atoms with Gasteiger partial charge >= 0.3 is 0 Å². The monoisotopic (exact) mass is 398 g/mol. The molecule has 0 bridgehead atoms. The minimum Gasteiger partial charge on any atom is -0.493 e. The molecule has 1 aliphatic carbocycles. The van der Waals surface area contributed by atoms with Crippen molar-refractivity contribution in [2.75, 3.05) is 20.0 Å². The number of ketones is 1. The Morgan fingerprint density at radius 2 is 1.96 bits per heavy atom. The molecule has 6 heteroatoms. The molecule has 1 heterocycles. The average Bonchev–Trinajstić information content (AvgIpc) is 2.65. The van der Waals surface area contributed by atoms with E-state index in [0.717, 1.165) is 28.5 Å². The van der Waals surface area contributed by atoms with Gasteiger partial charge in [-0.3, -0.25) is 4.79 Å². The number of Topliss-reactive ketones (excluding diaryl/α,β-unsaturated/α-hetero) is 1. The maximum Gasteiger partial charge on any atom is 0.162 e. The number of nitriles is 1. The Hall–Kier alpha value is -2.39. The van der Waals surface area contributed by atoms with Crippen LogP contribution in [0.3, 0.4) is 0 Å². The van der Waals surface area contributed by atoms with Gasteiger partial charge in [-0.15, -0.1) is 11.8 Å². The van der Waals surface area contributed by atoms with E-state index in [1.165, 1.54) is 0 Å². The van der Waals surface area contributed by atoms with Crippen LogP contribution in [0, 0.1) is 16.7 Å². The van der Waals surface area contributed by atoms with E-state index in [-0.39, 0.29) is 11.2 Å². The number of nitrogens with zero attached hydrogens (tertiary/aromatic N) is 1. The number of hydrogen-bond acceptors (Lipinski definition) is 6. The number of carbonyl (C=O) groups is 1. The first kappa shape index (κ1) is 20.3. The highest BCUT2D eigenvalue weighted by atomic mass is 32.2. The lowest BCUT2D eigenvalue weighted by Gasteiger charge is -2.39. The third kappa shape index (κ3) is 3.64. The normalized spacial score (nSPS) is 21.0. The fourth-order valence-electron chi connectivity index (χ4n) is 4.00. The number of hydrogen-bond donors (Lipinski definition) is 1. The Morgan fingerprint density at radius 1 is 1.25 bits per heavy atom. The van der Waals surface area contributed by atoms with Gasteiger partial charge in [0.2, 0.25) is 0 Å². The second-order valence-corrected chi connectivity index (χ2v) is 9.07. The van der Waals surface area contributed by atoms with Gasteiger partial charge in [-0.25, -0.2) is 0 Å². The predicted molar refractivity (Wildman–Crippen MR) is 111 cm³/mol. The highest BCUT2D eigenvalue weighted by Crippen LogP contribution is 2.48. The van der Waals surface area contributed by atoms with Crippen molar-refractivity contribution >= 4 is 17.5 Å². The number of rotatable bonds is 5. The number of dihydropyridines is 1. The molecule has 1 N–H and O–H groups in total. The van der Waals surface area contributed by atoms with Crippen LogP contribution in [0.2, 0.25) is 0 Å². The van der Waals surface area contributed by atoms with Crippen LogP contribution in [0.25, 0.3) is 0 Å². The number of carbonyl (C=O) groups excluding carboxylic acids is 1. The quantitative estimate of drug-likeness (QED) is 0.786. The van der Waals surface area contributed by atoms with Crippen LogP contribution in [0.5, 0.6) is 11.5 Å². The maximum absolute atomic E-state index is 13.1. The van der Waals surface area contributed by atoms with Crippen molar-refractivity contribution in [2.24, 2.45) is 5.41 Å². The molecule has 5 nitrogen and oxygen atoms in total. The van der Waals surface area contributed by atoms with E-state index in [2.05, 4.69) is 32.2 Å². The summed E-state index contributed by atoms with van der Waals surface area (Å²) in [5.41, 5.74) is 3.01. The first-order valence-corrected chi connectivity index (χ1v) is 10.4. The van der Waals surface area contributed by atoms with Crippen LogP contribution in [-0.2, 0) is 4.79 Å². The lowest BCUT2D eigenvalue weighted by Crippen LogP contribution is -2.36. The number of thioether (sulfide) groups is 1. The Labute approximate surface area is 170 Å². The van der Waals surface area contributed by atoms with Gasteiger partial charge in [-0.05, 0) is 35.3 Å². The molecule has 148 valence electrons. The molecule has 0 radical (unpaired) electrons. The van der Waals surface area contributed by atoms with E-state index < -0.39 is 5.92 Å². The third-order valence-corrected chi connectivity index (χ3v) is 6.06. The molecule has 0 saturated heterocycles. The van der Waals surface area contributed by atoms with Gasteiger partial charge in [0.15, 0.2) is 17.3 Å². The molecule has 0 fully saturated rings. The number of methoxy groups -OCH3 is 2. The van der Waals surface area contributed by atoms with Crippen LogP contribution in [0.1, 0.15) is 45.1 Å². The second-order valence-electron chi connectivity index (χ2n) is 7.79. The topological polar surface area (TPSA) is 71.3 Å². The minimum absolute atomic E-state index is 0.1000. The van der Waals surface area contributed by atoms with Crippen LogP contribution < -0.4 is 14.8 Å². The summed E-state index contributed by atoms with van der Waals surface area (Å²) in [6.07, 6.45) is 1.26. The van der Waals surface area contributed by atoms with Crippen LogP contribution in [0.4, 0.5) is 0 Å². The van der Waals surface area contributed by atoms with Crippen LogP contribution >= 0.6 is 11.8 Å². The number of allylic oxidation sites excluding steroid dienone is 3. The van der Waals surface area contributed by atoms with Gasteiger partial charge in [-0.2, -0.15) is 5.26 Å². The Kier molecular flexibility index (Phi) is 5.76. The zero-order valence-corrected chi connectivity index (χ0v) is 17.8. The van der Waals surface area contributed by atoms with E-state index in [1.807, 2.05) is 18.2 Å². The third-order valence-electron chi connectivity index (χ3n) is 5.16. The first-order chi connectivity index (χ1) is 13.3. The zero-order chi connectivity index (χ0) is 20.5. The summed E-state index contributed by atoms with van der Waals surface area (Å²) >= 11 is 1.60. The lowest BCUT2D eigenvalue weighted by atomic mass is 9.69. The summed E-state index contributed by atoms with van der Waals surface area (Å²) in [6, 6.07) is 7.98. The van der Waals surface area contributed by atoms with Gasteiger partial charge in [0.25, 0.3) is 0 Å². The predicted octanol–water partition coefficient (Wildman–Crippen LogP) is 4.52. The van der Waals surface area contributed by atoms with Crippen molar-refractivity contribution < 1.29 is 14.3 Å². The number of benzene rings is 1. The lowest BCUT2D eigenvalue weighted by molar-refractivity contribution is -0.118. The summed E-state index contributed by atoms with van der Waals surface area (Å²) in [4.78, 5) is 13.1. The highest BCUT2D eigenvalue weighted by molar-refractivity contribution is 8.03. The summed E-state index contributed by atoms with van der Waals surface area (Å²) in [5, 5.41) is 14.2. The average molecular weight is 399 g/mol. The molecule has 0 saturated carbocycles. The Morgan fingerprint density at radius 3 is 2.57 bits per heavy atom. The zero-order valence-electron chi connectivity index (χ0n) is 17.0. The minimum atomic E-state index is -0.390. The van der Waals surface area contributed by atoms with Crippen molar-refractivity contribution in [1.82, 2.24) is 5.32 Å². The second kappa shape index (κ2) is 7.92. The van der Waals surface area contributed by atoms with E-state index in [1.54, 1.807) is 26.0 Å². The molecule has 1 unspecified atom stereocenters. The molecule has 0 aromatic heterocycles. The van der Waals surface area contributed by atoms with Gasteiger partial charge < -0.3 is 14.8 Å². The van der Waals surface area contributed by atoms with Crippen LogP contribution in [0.15, 0.2) is 40.1 Å². The van der Waals surface area contributed by atoms with Gasteiger partial charge in [-0.1, -0.05) is 26.8 Å². The van der Waals surface area contributed by atoms with Crippen molar-refractivity contribution in [2.45, 2.75) is 39.5 Å². The summed E-state index contributed by atoms with van der Waals surface area (Å²) in [7, 11) is 3.18. The van der Waals surface area contributed by atoms with Crippen molar-refractivity contribution in [3.63, 3.8) is 0 Å². The maximum atomic E-state index is 13.1. The number of ether oxygens (including phenoxy) is 2. The van der Waals surface area contributed by atoms with E-state index in [9.17, 15) is 10.1 Å². The van der Waals surface area contributed by atoms with E-state index in [0.29, 0.717) is 29.1 Å². The van der Waals surface area contributed by atoms with Gasteiger partial charge in [0.05, 0.1) is 36.8 Å². The van der Waals surface area contributed by atoms with Crippen molar-refractivity contribution in [1.29, 1.82) is 5.26 Å². The standard InChI is InChI=1S/C22H26N2O3S/c1-6-28-21-14(12-23)19(13-7-8-17(26-4)18(9-13)27-5)20-15(24-21)10-22(2,3)11-16(20)25/h7-9,19,24H,6,10-11H2,1-5H3. The van der Waals surface area contributed by atoms with Gasteiger partial charge in [0.1, 0.15) is 0 Å². The van der Waals surface area contributed by atoms with E-state index in [4.69, 9.17) is 9.47 Å². The van der Waals surface area contributed by atoms with Crippen LogP contribution in [-0.4, -0.2) is 25.8 Å². The van der Waals surface area contributed by atoms with Crippen molar-refractivity contribution in [3.8, 4) is 17.6 Å². The molecule has 1 aliphatic heterocycles.